The van der Waals surface area contributed by atoms with E-state index < -0.39 is 13.7 Å². The van der Waals surface area contributed by atoms with Crippen molar-refractivity contribution in [1.82, 2.24) is 47.8 Å². The third-order valence-corrected chi connectivity index (χ3v) is 26.6. The molecule has 662 valence electrons. The summed E-state index contributed by atoms with van der Waals surface area (Å²) in [4.78, 5) is 23.2. The van der Waals surface area contributed by atoms with Crippen LogP contribution in [0.15, 0.2) is 413 Å². The van der Waals surface area contributed by atoms with Gasteiger partial charge in [0.15, 0.2) is 66.5 Å². The number of fused-ring (bicyclic) bond motifs is 10. The Morgan fingerprint density at radius 1 is 0.219 bits per heavy atom. The Balaban J connectivity index is 0.000000106. The fourth-order valence-electron chi connectivity index (χ4n) is 19.8. The van der Waals surface area contributed by atoms with Crippen molar-refractivity contribution < 1.29 is 31.1 Å². The zero-order valence-corrected chi connectivity index (χ0v) is 78.0. The number of aromatic nitrogens is 15. The highest BCUT2D eigenvalue weighted by Crippen LogP contribution is 2.40. The lowest BCUT2D eigenvalue weighted by molar-refractivity contribution is -0.634. The Labute approximate surface area is 804 Å². The van der Waals surface area contributed by atoms with Crippen LogP contribution in [-0.4, -0.2) is 47.8 Å². The molecule has 10 heterocycles. The third-order valence-electron chi connectivity index (χ3n) is 26.6. The van der Waals surface area contributed by atoms with Gasteiger partial charge < -0.3 is 0 Å². The van der Waals surface area contributed by atoms with Crippen LogP contribution in [0.1, 0.15) is 47.2 Å². The van der Waals surface area contributed by atoms with Crippen LogP contribution in [0.25, 0.3) is 195 Å². The molecule has 15 nitrogen and oxygen atoms in total. The Hall–Kier alpha value is -17.3. The second-order valence-electron chi connectivity index (χ2n) is 34.8. The molecule has 0 saturated carbocycles. The van der Waals surface area contributed by atoms with Gasteiger partial charge in [-0.3, -0.25) is 15.0 Å². The summed E-state index contributed by atoms with van der Waals surface area (Å²) in [5.41, 5.74) is 27.8. The van der Waals surface area contributed by atoms with Gasteiger partial charge in [0, 0.05) is 82.5 Å². The van der Waals surface area contributed by atoms with Crippen molar-refractivity contribution in [3.05, 3.63) is 452 Å². The first-order valence-electron chi connectivity index (χ1n) is 49.1. The van der Waals surface area contributed by atoms with Crippen LogP contribution in [0.5, 0.6) is 0 Å². The van der Waals surface area contributed by atoms with Gasteiger partial charge in [0.25, 0.3) is 29.1 Å². The van der Waals surface area contributed by atoms with E-state index in [0.29, 0.717) is 33.4 Å². The van der Waals surface area contributed by atoms with Gasteiger partial charge >= 0.3 is 0 Å². The number of para-hydroxylation sites is 12. The molecule has 0 N–H and O–H groups in total. The van der Waals surface area contributed by atoms with Crippen molar-refractivity contribution in [3.63, 3.8) is 0 Å². The van der Waals surface area contributed by atoms with Crippen molar-refractivity contribution in [3.8, 4) is 85.6 Å². The van der Waals surface area contributed by atoms with Gasteiger partial charge in [-0.1, -0.05) is 243 Å². The maximum absolute atomic E-state index is 8.36. The monoisotopic (exact) mass is 1780 g/mol. The quantitative estimate of drug-likeness (QED) is 0.127. The molecule has 0 saturated heterocycles. The zero-order chi connectivity index (χ0) is 98.6. The summed E-state index contributed by atoms with van der Waals surface area (Å²) in [7, 11) is 10.4. The number of benzene rings is 15. The molecular weight excluding hydrogens is 1680 g/mol. The molecule has 25 rings (SSSR count). The fourth-order valence-corrected chi connectivity index (χ4v) is 19.8. The molecule has 15 aromatic carbocycles. The van der Waals surface area contributed by atoms with E-state index in [1.807, 2.05) is 169 Å². The van der Waals surface area contributed by atoms with Gasteiger partial charge in [-0.2, -0.15) is 22.8 Å². The van der Waals surface area contributed by atoms with E-state index in [2.05, 4.69) is 362 Å². The van der Waals surface area contributed by atoms with E-state index in [1.54, 1.807) is 12.4 Å². The first kappa shape index (κ1) is 79.4. The highest BCUT2D eigenvalue weighted by Gasteiger charge is 2.35. The highest BCUT2D eigenvalue weighted by molar-refractivity contribution is 5.97. The Morgan fingerprint density at radius 3 is 0.985 bits per heavy atom. The minimum Gasteiger partial charge on any atom is -0.260 e. The van der Waals surface area contributed by atoms with Gasteiger partial charge in [0.1, 0.15) is 5.69 Å². The average Bonchev–Trinajstić information content (AvgIpc) is 1.58. The predicted molar refractivity (Wildman–Crippen MR) is 559 cm³/mol. The van der Waals surface area contributed by atoms with Crippen molar-refractivity contribution >= 4 is 109 Å². The molecule has 0 aliphatic rings. The molecule has 0 unspecified atom stereocenters. The number of hydrogen-bond acceptors (Lipinski definition) is 5. The topological polar surface area (TPSA) is 108 Å². The Morgan fingerprint density at radius 2 is 0.540 bits per heavy atom. The Bertz CT molecular complexity index is 8530. The molecule has 15 heteroatoms. The number of nitrogens with zero attached hydrogens (tertiary/aromatic N) is 15. The lowest BCUT2D eigenvalue weighted by atomic mass is 10.1. The number of imidazole rings is 5. The minimum absolute atomic E-state index is 0.266. The van der Waals surface area contributed by atoms with Gasteiger partial charge in [0.05, 0.1) is 86.5 Å². The average molecular weight is 1790 g/mol. The van der Waals surface area contributed by atoms with Gasteiger partial charge in [-0.25, -0.2) is 32.8 Å². The van der Waals surface area contributed by atoms with E-state index in [1.165, 1.54) is 77.6 Å². The smallest absolute Gasteiger partial charge is 0.260 e. The largest absolute Gasteiger partial charge is 0.296 e. The Kier molecular flexibility index (Phi) is 21.3. The number of hydrogen-bond donors (Lipinski definition) is 0. The molecular formula is C122H104N15+5. The number of rotatable bonds is 10. The van der Waals surface area contributed by atoms with E-state index >= 15 is 0 Å². The van der Waals surface area contributed by atoms with Crippen LogP contribution in [0.2, 0.25) is 0 Å². The maximum atomic E-state index is 8.36. The second-order valence-corrected chi connectivity index (χ2v) is 34.8. The SMILES string of the molecule is Cc1ccccc1-c1n(-c2ccnc3ccccc23)c2ccccc2[n+]1C.Cc1ccccc1-c1n(-c2cncc3ccccc23)c2ccccc2[n+]1C.Cc1ccccc1-c1n(-c2nccc3ccccc23)c2ccccc2[n+]1C.[2H]C([2H])([2H])c1c(-n2c(-c3ccccc3C)[n+](C)c3ccccc32)cnc2ccccc12.[2H]C([2H])([2H])c1c(-n2c(-c3ccccc3C)[n+](C)c3ccccc32)ncc2ccccc12. The van der Waals surface area contributed by atoms with Gasteiger partial charge in [0.2, 0.25) is 11.6 Å². The van der Waals surface area contributed by atoms with Crippen LogP contribution >= 0.6 is 0 Å². The summed E-state index contributed by atoms with van der Waals surface area (Å²) in [5.74, 6) is 6.68. The van der Waals surface area contributed by atoms with Crippen molar-refractivity contribution in [1.29, 1.82) is 0 Å². The minimum atomic E-state index is -2.32. The lowest BCUT2D eigenvalue weighted by Gasteiger charge is -2.10. The summed E-state index contributed by atoms with van der Waals surface area (Å²) in [5, 5.41) is 8.00. The summed E-state index contributed by atoms with van der Waals surface area (Å²) in [6.07, 6.45) is 11.1. The van der Waals surface area contributed by atoms with Crippen LogP contribution in [0.3, 0.4) is 0 Å². The van der Waals surface area contributed by atoms with E-state index in [-0.39, 0.29) is 5.56 Å². The molecule has 0 atom stereocenters. The maximum Gasteiger partial charge on any atom is 0.296 e. The van der Waals surface area contributed by atoms with E-state index in [0.717, 1.165) is 117 Å². The van der Waals surface area contributed by atoms with E-state index in [9.17, 15) is 0 Å². The van der Waals surface area contributed by atoms with Crippen LogP contribution in [-0.2, 0) is 35.2 Å². The fraction of sp³-hybridized carbons (Fsp3) is 0.0984. The van der Waals surface area contributed by atoms with Crippen LogP contribution in [0, 0.1) is 48.3 Å². The van der Waals surface area contributed by atoms with Gasteiger partial charge in [-0.15, -0.1) is 0 Å². The summed E-state index contributed by atoms with van der Waals surface area (Å²) in [6.45, 7) is 6.01. The molecule has 0 spiro atoms. The van der Waals surface area contributed by atoms with E-state index in [4.69, 9.17) is 18.2 Å². The van der Waals surface area contributed by atoms with Crippen LogP contribution < -0.4 is 22.8 Å². The lowest BCUT2D eigenvalue weighted by Crippen LogP contribution is -2.30. The summed E-state index contributed by atoms with van der Waals surface area (Å²) >= 11 is 0. The molecule has 25 aromatic rings. The van der Waals surface area contributed by atoms with Gasteiger partial charge in [-0.05, 0) is 214 Å². The molecule has 0 bridgehead atoms. The molecule has 0 aliphatic heterocycles. The molecule has 0 fully saturated rings. The van der Waals surface area contributed by atoms with Crippen molar-refractivity contribution in [2.24, 2.45) is 35.2 Å². The molecule has 10 aromatic heterocycles. The first-order valence-corrected chi connectivity index (χ1v) is 46.1. The number of pyridine rings is 5. The summed E-state index contributed by atoms with van der Waals surface area (Å²) in [6, 6.07) is 128. The van der Waals surface area contributed by atoms with Crippen molar-refractivity contribution in [2.75, 3.05) is 0 Å². The van der Waals surface area contributed by atoms with Crippen LogP contribution in [0.4, 0.5) is 0 Å². The zero-order valence-electron chi connectivity index (χ0n) is 84.0. The molecule has 0 radical (unpaired) electrons. The first-order chi connectivity index (χ1) is 69.5. The normalized spacial score (nSPS) is 12.2. The highest BCUT2D eigenvalue weighted by atomic mass is 15.2. The third kappa shape index (κ3) is 15.4. The molecule has 0 aliphatic carbocycles. The summed E-state index contributed by atoms with van der Waals surface area (Å²) < 4.78 is 72.2. The molecule has 137 heavy (non-hydrogen) atoms. The molecule has 0 amide bonds. The van der Waals surface area contributed by atoms with Crippen molar-refractivity contribution in [2.45, 2.75) is 48.3 Å². The second kappa shape index (κ2) is 36.7. The predicted octanol–water partition coefficient (Wildman–Crippen LogP) is 25.5. The standard InChI is InChI=1S/2C25H22N3.3C24H20N3/c1-17-10-4-6-12-20(17)25-27(3)22-14-8-9-15-23(22)28(25)24-18(2)21-13-7-5-11-19(21)16-26-24;1-17-10-4-5-11-19(17)25-27(3)22-14-8-9-15-23(22)28(25)24-16-26-21-13-7-6-12-20(21)18(24)2;1-17-9-3-5-11-19(17)24-26(2)21-13-7-8-14-22(21)27(24)23-16-25-15-18-10-4-6-12-20(18)23;1-17-9-3-5-11-19(17)24-26(2)21-13-7-8-14-22(21)27(24)23-20-12-6-4-10-18(20)15-16-25-23;1-17-9-3-4-10-18(17)24-26(2)22-13-7-8-14-23(22)27(24)21-15-16-25-20-12-6-5-11-19(20)21/h2*4-16H,1-3H3;3*3-16H,1-2H3/q5*+1/i2*2D3;;;. The number of aryl methyl sites for hydroxylation is 12.